The van der Waals surface area contributed by atoms with Gasteiger partial charge < -0.3 is 9.67 Å². The zero-order valence-electron chi connectivity index (χ0n) is 12.6. The van der Waals surface area contributed by atoms with Crippen LogP contribution in [0.25, 0.3) is 10.9 Å². The summed E-state index contributed by atoms with van der Waals surface area (Å²) in [6.07, 6.45) is 3.05. The van der Waals surface area contributed by atoms with E-state index in [0.717, 1.165) is 41.7 Å². The summed E-state index contributed by atoms with van der Waals surface area (Å²) in [6, 6.07) is 10.3. The molecule has 21 heavy (non-hydrogen) atoms. The van der Waals surface area contributed by atoms with Gasteiger partial charge in [-0.05, 0) is 37.1 Å². The van der Waals surface area contributed by atoms with E-state index in [0.29, 0.717) is 0 Å². The summed E-state index contributed by atoms with van der Waals surface area (Å²) in [6.45, 7) is 6.02. The van der Waals surface area contributed by atoms with E-state index in [1.165, 1.54) is 5.69 Å². The van der Waals surface area contributed by atoms with Crippen molar-refractivity contribution in [3.05, 3.63) is 53.5 Å². The van der Waals surface area contributed by atoms with Gasteiger partial charge in [-0.15, -0.1) is 0 Å². The average molecular weight is 283 g/mol. The molecule has 0 atom stereocenters. The minimum Gasteiger partial charge on any atom is -0.392 e. The number of hydrogen-bond donors (Lipinski definition) is 1. The van der Waals surface area contributed by atoms with E-state index in [1.807, 2.05) is 12.1 Å². The Morgan fingerprint density at radius 1 is 1.19 bits per heavy atom. The predicted molar refractivity (Wildman–Crippen MR) is 84.2 cm³/mol. The molecule has 0 aliphatic heterocycles. The van der Waals surface area contributed by atoms with Crippen LogP contribution in [0.1, 0.15) is 30.8 Å². The molecule has 0 radical (unpaired) electrons. The summed E-state index contributed by atoms with van der Waals surface area (Å²) in [5.41, 5.74) is 4.49. The van der Waals surface area contributed by atoms with E-state index in [1.54, 1.807) is 0 Å². The van der Waals surface area contributed by atoms with Gasteiger partial charge in [0.05, 0.1) is 24.5 Å². The van der Waals surface area contributed by atoms with Crippen molar-refractivity contribution in [2.24, 2.45) is 0 Å². The molecular weight excluding hydrogens is 262 g/mol. The lowest BCUT2D eigenvalue weighted by Gasteiger charge is -2.08. The third kappa shape index (κ3) is 2.47. The molecule has 4 nitrogen and oxygen atoms in total. The Morgan fingerprint density at radius 3 is 2.76 bits per heavy atom. The van der Waals surface area contributed by atoms with Gasteiger partial charge in [0.1, 0.15) is 0 Å². The summed E-state index contributed by atoms with van der Waals surface area (Å²) < 4.78 is 4.29. The molecule has 4 heteroatoms. The van der Waals surface area contributed by atoms with E-state index >= 15 is 0 Å². The molecule has 0 aliphatic rings. The van der Waals surface area contributed by atoms with Crippen molar-refractivity contribution in [2.75, 3.05) is 0 Å². The number of rotatable bonds is 5. The first-order valence-electron chi connectivity index (χ1n) is 7.50. The molecule has 0 unspecified atom stereocenters. The molecule has 0 saturated heterocycles. The standard InChI is InChI=1S/C17H21N3O/c1-3-14-10-15(20(4-2)18-14)11-19-9-8-16-13(12-21)6-5-7-17(16)19/h5-10,21H,3-4,11-12H2,1-2H3. The van der Waals surface area contributed by atoms with Crippen molar-refractivity contribution in [3.63, 3.8) is 0 Å². The molecule has 0 amide bonds. The van der Waals surface area contributed by atoms with Crippen molar-refractivity contribution in [2.45, 2.75) is 40.0 Å². The first-order chi connectivity index (χ1) is 10.3. The Balaban J connectivity index is 2.00. The van der Waals surface area contributed by atoms with Crippen LogP contribution in [-0.4, -0.2) is 19.5 Å². The Hall–Kier alpha value is -2.07. The summed E-state index contributed by atoms with van der Waals surface area (Å²) in [5, 5.41) is 15.2. The van der Waals surface area contributed by atoms with E-state index in [9.17, 15) is 5.11 Å². The van der Waals surface area contributed by atoms with Gasteiger partial charge in [-0.2, -0.15) is 5.10 Å². The fourth-order valence-electron chi connectivity index (χ4n) is 2.83. The van der Waals surface area contributed by atoms with Crippen molar-refractivity contribution < 1.29 is 5.11 Å². The second kappa shape index (κ2) is 5.74. The van der Waals surface area contributed by atoms with E-state index in [2.05, 4.69) is 52.6 Å². The number of hydrogen-bond acceptors (Lipinski definition) is 2. The molecule has 0 fully saturated rings. The topological polar surface area (TPSA) is 43.0 Å². The van der Waals surface area contributed by atoms with Gasteiger partial charge in [0.25, 0.3) is 0 Å². The van der Waals surface area contributed by atoms with Gasteiger partial charge in [-0.3, -0.25) is 4.68 Å². The zero-order valence-corrected chi connectivity index (χ0v) is 12.6. The van der Waals surface area contributed by atoms with E-state index < -0.39 is 0 Å². The fourth-order valence-corrected chi connectivity index (χ4v) is 2.83. The number of aliphatic hydroxyl groups excluding tert-OH is 1. The number of fused-ring (bicyclic) bond motifs is 1. The zero-order chi connectivity index (χ0) is 14.8. The normalized spacial score (nSPS) is 11.4. The van der Waals surface area contributed by atoms with Crippen LogP contribution in [0.15, 0.2) is 36.5 Å². The van der Waals surface area contributed by atoms with Crippen LogP contribution in [0.5, 0.6) is 0 Å². The maximum Gasteiger partial charge on any atom is 0.0688 e. The number of aliphatic hydroxyl groups is 1. The molecule has 0 aliphatic carbocycles. The lowest BCUT2D eigenvalue weighted by molar-refractivity contribution is 0.283. The minimum absolute atomic E-state index is 0.0776. The molecule has 0 spiro atoms. The first kappa shape index (κ1) is 13.9. The summed E-state index contributed by atoms with van der Waals surface area (Å²) in [4.78, 5) is 0. The van der Waals surface area contributed by atoms with E-state index in [4.69, 9.17) is 0 Å². The van der Waals surface area contributed by atoms with Gasteiger partial charge >= 0.3 is 0 Å². The molecule has 2 heterocycles. The molecule has 1 aromatic carbocycles. The van der Waals surface area contributed by atoms with Crippen LogP contribution in [0.3, 0.4) is 0 Å². The molecule has 110 valence electrons. The Bertz CT molecular complexity index is 755. The third-order valence-corrected chi connectivity index (χ3v) is 3.98. The highest BCUT2D eigenvalue weighted by Crippen LogP contribution is 2.21. The predicted octanol–water partition coefficient (Wildman–Crippen LogP) is 2.96. The minimum atomic E-state index is 0.0776. The van der Waals surface area contributed by atoms with Crippen LogP contribution in [0.4, 0.5) is 0 Å². The monoisotopic (exact) mass is 283 g/mol. The Kier molecular flexibility index (Phi) is 3.80. The van der Waals surface area contributed by atoms with Crippen LogP contribution in [-0.2, 0) is 26.1 Å². The van der Waals surface area contributed by atoms with Crippen molar-refractivity contribution >= 4 is 10.9 Å². The molecule has 1 N–H and O–H groups in total. The number of aromatic nitrogens is 3. The van der Waals surface area contributed by atoms with Crippen molar-refractivity contribution in [3.8, 4) is 0 Å². The van der Waals surface area contributed by atoms with Crippen LogP contribution >= 0.6 is 0 Å². The highest BCUT2D eigenvalue weighted by molar-refractivity contribution is 5.83. The summed E-state index contributed by atoms with van der Waals surface area (Å²) in [7, 11) is 0. The number of benzene rings is 1. The van der Waals surface area contributed by atoms with Crippen LogP contribution in [0.2, 0.25) is 0 Å². The highest BCUT2D eigenvalue weighted by atomic mass is 16.3. The number of aryl methyl sites for hydroxylation is 2. The highest BCUT2D eigenvalue weighted by Gasteiger charge is 2.09. The molecule has 0 bridgehead atoms. The molecular formula is C17H21N3O. The van der Waals surface area contributed by atoms with Crippen LogP contribution in [0, 0.1) is 0 Å². The second-order valence-corrected chi connectivity index (χ2v) is 5.25. The van der Waals surface area contributed by atoms with Gasteiger partial charge in [-0.1, -0.05) is 19.1 Å². The van der Waals surface area contributed by atoms with Gasteiger partial charge in [-0.25, -0.2) is 0 Å². The fraction of sp³-hybridized carbons (Fsp3) is 0.353. The van der Waals surface area contributed by atoms with Crippen LogP contribution < -0.4 is 0 Å². The van der Waals surface area contributed by atoms with Gasteiger partial charge in [0.15, 0.2) is 0 Å². The maximum absolute atomic E-state index is 9.43. The van der Waals surface area contributed by atoms with E-state index in [-0.39, 0.29) is 6.61 Å². The quantitative estimate of drug-likeness (QED) is 0.782. The number of nitrogens with zero attached hydrogens (tertiary/aromatic N) is 3. The second-order valence-electron chi connectivity index (χ2n) is 5.25. The van der Waals surface area contributed by atoms with Gasteiger partial charge in [0, 0.05) is 23.6 Å². The molecule has 2 aromatic heterocycles. The SMILES string of the molecule is CCc1cc(Cn2ccc3c(CO)cccc32)n(CC)n1. The lowest BCUT2D eigenvalue weighted by atomic mass is 10.1. The average Bonchev–Trinajstić information content (AvgIpc) is 3.11. The van der Waals surface area contributed by atoms with Crippen molar-refractivity contribution in [1.82, 2.24) is 14.3 Å². The molecule has 3 aromatic rings. The molecule has 0 saturated carbocycles. The Labute approximate surface area is 124 Å². The van der Waals surface area contributed by atoms with Crippen molar-refractivity contribution in [1.29, 1.82) is 0 Å². The summed E-state index contributed by atoms with van der Waals surface area (Å²) in [5.74, 6) is 0. The summed E-state index contributed by atoms with van der Waals surface area (Å²) >= 11 is 0. The first-order valence-corrected chi connectivity index (χ1v) is 7.50. The Morgan fingerprint density at radius 2 is 2.05 bits per heavy atom. The largest absolute Gasteiger partial charge is 0.392 e. The van der Waals surface area contributed by atoms with Gasteiger partial charge in [0.2, 0.25) is 0 Å². The molecule has 3 rings (SSSR count). The third-order valence-electron chi connectivity index (χ3n) is 3.98. The maximum atomic E-state index is 9.43. The lowest BCUT2D eigenvalue weighted by Crippen LogP contribution is -2.07. The smallest absolute Gasteiger partial charge is 0.0688 e.